The Labute approximate surface area is 157 Å². The summed E-state index contributed by atoms with van der Waals surface area (Å²) >= 11 is 0. The molecule has 0 aromatic carbocycles. The van der Waals surface area contributed by atoms with Crippen LogP contribution in [0.25, 0.3) is 0 Å². The Morgan fingerprint density at radius 2 is 1.26 bits per heavy atom. The highest BCUT2D eigenvalue weighted by atomic mass is 16.6. The first kappa shape index (κ1) is 14.3. The molecule has 0 N–H and O–H groups in total. The minimum Gasteiger partial charge on any atom is -0.392 e. The molecule has 138 valence electrons. The van der Waals surface area contributed by atoms with Crippen molar-refractivity contribution < 1.29 is 19.1 Å². The van der Waals surface area contributed by atoms with E-state index in [2.05, 4.69) is 36.5 Å². The maximum absolute atomic E-state index is 13.4. The normalized spacial score (nSPS) is 64.7. The monoisotopic (exact) mass is 362 g/mol. The van der Waals surface area contributed by atoms with Gasteiger partial charge in [0.05, 0.1) is 24.0 Å². The fourth-order valence-corrected chi connectivity index (χ4v) is 9.83. The number of esters is 2. The highest BCUT2D eigenvalue weighted by Crippen LogP contribution is 2.82. The lowest BCUT2D eigenvalue weighted by Crippen LogP contribution is -2.70. The van der Waals surface area contributed by atoms with Gasteiger partial charge in [-0.15, -0.1) is 0 Å². The van der Waals surface area contributed by atoms with Crippen molar-refractivity contribution in [3.63, 3.8) is 0 Å². The highest BCUT2D eigenvalue weighted by molar-refractivity contribution is 6.05. The van der Waals surface area contributed by atoms with E-state index in [1.54, 1.807) is 0 Å². The lowest BCUT2D eigenvalue weighted by atomic mass is 9.32. The molecule has 10 rings (SSSR count). The van der Waals surface area contributed by atoms with Crippen molar-refractivity contribution in [2.24, 2.45) is 70.0 Å². The first-order valence-electron chi connectivity index (χ1n) is 10.6. The Bertz CT molecular complexity index is 847. The molecule has 0 radical (unpaired) electrons. The molecule has 0 unspecified atom stereocenters. The molecule has 12 atom stereocenters. The SMILES string of the molecule is O=C1OC(=O)[C@@]23[C@@H]4C=C[C@@H](C4)[C@@]12[C@@H]1C=C[C@H]3[C@H]2[C@H]3C=C[C@H]([C@@H]4COC[C@H]34)[C@H]21. The third kappa shape index (κ3) is 1.11. The standard InChI is InChI=1S/C23H22O4/c24-20-22-10-1-2-11(7-10)23(22,21(25)27-20)17-6-5-16(22)18-12-3-4-13(19(17)18)15-9-26-8-14(12)15/h1-6,10-19H,7-9H2/t10-,11+,12+,13-,14-,15+,16+,17-,18-,19+,22+,23-. The topological polar surface area (TPSA) is 52.6 Å². The Balaban J connectivity index is 1.42. The van der Waals surface area contributed by atoms with E-state index in [0.29, 0.717) is 35.5 Å². The van der Waals surface area contributed by atoms with Gasteiger partial charge < -0.3 is 9.47 Å². The molecule has 6 bridgehead atoms. The van der Waals surface area contributed by atoms with Crippen molar-refractivity contribution in [1.82, 2.24) is 0 Å². The molecule has 10 aliphatic rings. The molecule has 2 heterocycles. The van der Waals surface area contributed by atoms with Crippen molar-refractivity contribution in [3.8, 4) is 0 Å². The predicted molar refractivity (Wildman–Crippen MR) is 93.7 cm³/mol. The molecule has 3 saturated carbocycles. The zero-order chi connectivity index (χ0) is 17.7. The van der Waals surface area contributed by atoms with E-state index in [4.69, 9.17) is 9.47 Å². The van der Waals surface area contributed by atoms with E-state index in [1.165, 1.54) is 0 Å². The summed E-state index contributed by atoms with van der Waals surface area (Å²) in [6.07, 6.45) is 14.9. The quantitative estimate of drug-likeness (QED) is 0.377. The highest BCUT2D eigenvalue weighted by Gasteiger charge is 2.87. The van der Waals surface area contributed by atoms with Crippen LogP contribution in [0.15, 0.2) is 36.5 Å². The number of cyclic esters (lactones) is 2. The molecular formula is C23H22O4. The molecule has 2 aliphatic heterocycles. The Kier molecular flexibility index (Phi) is 2.14. The van der Waals surface area contributed by atoms with Gasteiger partial charge in [0.25, 0.3) is 0 Å². The molecule has 4 heteroatoms. The Morgan fingerprint density at radius 3 is 1.78 bits per heavy atom. The molecule has 27 heavy (non-hydrogen) atoms. The van der Waals surface area contributed by atoms with E-state index in [0.717, 1.165) is 19.6 Å². The van der Waals surface area contributed by atoms with Crippen LogP contribution in [-0.4, -0.2) is 25.2 Å². The molecule has 8 aliphatic carbocycles. The van der Waals surface area contributed by atoms with Crippen molar-refractivity contribution in [1.29, 1.82) is 0 Å². The second kappa shape index (κ2) is 4.03. The van der Waals surface area contributed by atoms with Crippen molar-refractivity contribution in [2.75, 3.05) is 13.2 Å². The first-order chi connectivity index (χ1) is 13.2. The molecule has 0 spiro atoms. The van der Waals surface area contributed by atoms with E-state index >= 15 is 0 Å². The molecule has 0 amide bonds. The number of hydrogen-bond donors (Lipinski definition) is 0. The van der Waals surface area contributed by atoms with Crippen LogP contribution in [0.5, 0.6) is 0 Å². The van der Waals surface area contributed by atoms with Crippen LogP contribution in [0.1, 0.15) is 6.42 Å². The molecule has 0 aromatic heterocycles. The summed E-state index contributed by atoms with van der Waals surface area (Å²) in [5.74, 6) is 3.20. The first-order valence-corrected chi connectivity index (χ1v) is 10.6. The summed E-state index contributed by atoms with van der Waals surface area (Å²) in [6.45, 7) is 1.71. The predicted octanol–water partition coefficient (Wildman–Crippen LogP) is 2.38. The zero-order valence-electron chi connectivity index (χ0n) is 15.0. The van der Waals surface area contributed by atoms with Crippen LogP contribution >= 0.6 is 0 Å². The maximum atomic E-state index is 13.4. The van der Waals surface area contributed by atoms with Crippen LogP contribution < -0.4 is 0 Å². The average Bonchev–Trinajstić information content (AvgIpc) is 3.45. The molecule has 5 fully saturated rings. The summed E-state index contributed by atoms with van der Waals surface area (Å²) in [6, 6.07) is 0. The van der Waals surface area contributed by atoms with Crippen LogP contribution in [0.3, 0.4) is 0 Å². The van der Waals surface area contributed by atoms with Crippen molar-refractivity contribution >= 4 is 11.9 Å². The van der Waals surface area contributed by atoms with Crippen molar-refractivity contribution in [3.05, 3.63) is 36.5 Å². The lowest BCUT2D eigenvalue weighted by molar-refractivity contribution is -0.190. The van der Waals surface area contributed by atoms with Gasteiger partial charge in [-0.1, -0.05) is 36.5 Å². The number of fused-ring (bicyclic) bond motifs is 2. The van der Waals surface area contributed by atoms with Gasteiger partial charge in [0.1, 0.15) is 0 Å². The number of carbonyl (C=O) groups is 2. The summed E-state index contributed by atoms with van der Waals surface area (Å²) in [7, 11) is 0. The Morgan fingerprint density at radius 1 is 0.741 bits per heavy atom. The van der Waals surface area contributed by atoms with Gasteiger partial charge in [-0.3, -0.25) is 9.59 Å². The van der Waals surface area contributed by atoms with E-state index in [-0.39, 0.29) is 35.6 Å². The fourth-order valence-electron chi connectivity index (χ4n) is 9.83. The number of allylic oxidation sites excluding steroid dienone is 6. The zero-order valence-corrected chi connectivity index (χ0v) is 15.0. The fraction of sp³-hybridized carbons (Fsp3) is 0.652. The van der Waals surface area contributed by atoms with Crippen molar-refractivity contribution in [2.45, 2.75) is 6.42 Å². The van der Waals surface area contributed by atoms with Gasteiger partial charge >= 0.3 is 11.9 Å². The molecular weight excluding hydrogens is 340 g/mol. The molecule has 4 nitrogen and oxygen atoms in total. The summed E-state index contributed by atoms with van der Waals surface area (Å²) in [5.41, 5.74) is -1.27. The van der Waals surface area contributed by atoms with Gasteiger partial charge in [-0.25, -0.2) is 0 Å². The van der Waals surface area contributed by atoms with E-state index in [9.17, 15) is 9.59 Å². The summed E-state index contributed by atoms with van der Waals surface area (Å²) < 4.78 is 11.4. The van der Waals surface area contributed by atoms with Gasteiger partial charge in [0, 0.05) is 0 Å². The summed E-state index contributed by atoms with van der Waals surface area (Å²) in [5, 5.41) is 0. The van der Waals surface area contributed by atoms with Gasteiger partial charge in [0.2, 0.25) is 0 Å². The minimum atomic E-state index is -0.635. The number of ether oxygens (including phenoxy) is 2. The van der Waals surface area contributed by atoms with Gasteiger partial charge in [-0.2, -0.15) is 0 Å². The average molecular weight is 362 g/mol. The van der Waals surface area contributed by atoms with E-state index < -0.39 is 10.8 Å². The molecule has 2 saturated heterocycles. The van der Waals surface area contributed by atoms with E-state index in [1.807, 2.05) is 0 Å². The second-order valence-electron chi connectivity index (χ2n) is 10.2. The number of rotatable bonds is 0. The molecule has 0 aromatic rings. The third-order valence-corrected chi connectivity index (χ3v) is 10.3. The van der Waals surface area contributed by atoms with Gasteiger partial charge in [0.15, 0.2) is 0 Å². The second-order valence-corrected chi connectivity index (χ2v) is 10.2. The minimum absolute atomic E-state index is 0.130. The van der Waals surface area contributed by atoms with Crippen LogP contribution in [-0.2, 0) is 19.1 Å². The lowest BCUT2D eigenvalue weighted by Gasteiger charge is -2.67. The maximum Gasteiger partial charge on any atom is 0.322 e. The van der Waals surface area contributed by atoms with Crippen LogP contribution in [0.4, 0.5) is 0 Å². The van der Waals surface area contributed by atoms with Gasteiger partial charge in [-0.05, 0) is 65.6 Å². The third-order valence-electron chi connectivity index (χ3n) is 10.3. The largest absolute Gasteiger partial charge is 0.392 e. The summed E-state index contributed by atoms with van der Waals surface area (Å²) in [4.78, 5) is 26.7. The number of hydrogen-bond acceptors (Lipinski definition) is 4. The smallest absolute Gasteiger partial charge is 0.322 e. The Hall–Kier alpha value is -1.68. The number of carbonyl (C=O) groups excluding carboxylic acids is 2. The van der Waals surface area contributed by atoms with Crippen LogP contribution in [0.2, 0.25) is 0 Å². The van der Waals surface area contributed by atoms with Crippen LogP contribution in [0, 0.1) is 70.0 Å².